The minimum absolute atomic E-state index is 0.00252. The maximum Gasteiger partial charge on any atom is 0.340 e. The Morgan fingerprint density at radius 3 is 2.51 bits per heavy atom. The Hall–Kier alpha value is -1.79. The predicted octanol–water partition coefficient (Wildman–Crippen LogP) is 2.18. The van der Waals surface area contributed by atoms with Crippen LogP contribution in [0.4, 0.5) is 5.69 Å². The minimum Gasteiger partial charge on any atom is -0.461 e. The largest absolute Gasteiger partial charge is 0.461 e. The first-order valence-corrected chi connectivity index (χ1v) is 15.9. The van der Waals surface area contributed by atoms with Crippen molar-refractivity contribution in [3.05, 3.63) is 29.8 Å². The fraction of sp³-hybridized carbons (Fsp3) is 0.788. The van der Waals surface area contributed by atoms with Crippen LogP contribution in [-0.4, -0.2) is 118 Å². The van der Waals surface area contributed by atoms with Crippen molar-refractivity contribution in [3.63, 3.8) is 0 Å². The summed E-state index contributed by atoms with van der Waals surface area (Å²) in [5.41, 5.74) is -2.95. The van der Waals surface area contributed by atoms with Crippen LogP contribution in [0.25, 0.3) is 0 Å². The first-order valence-electron chi connectivity index (χ1n) is 15.9. The van der Waals surface area contributed by atoms with E-state index in [2.05, 4.69) is 17.1 Å². The fourth-order valence-corrected chi connectivity index (χ4v) is 12.2. The molecule has 7 bridgehead atoms. The molecular weight excluding hydrogens is 552 g/mol. The van der Waals surface area contributed by atoms with E-state index in [-0.39, 0.29) is 54.6 Å². The number of rotatable bonds is 9. The summed E-state index contributed by atoms with van der Waals surface area (Å²) >= 11 is 0. The number of methoxy groups -OCH3 is 4. The van der Waals surface area contributed by atoms with Crippen LogP contribution in [0, 0.1) is 34.5 Å². The van der Waals surface area contributed by atoms with Crippen LogP contribution in [-0.2, 0) is 23.7 Å². The average molecular weight is 601 g/mol. The van der Waals surface area contributed by atoms with Gasteiger partial charge in [-0.1, -0.05) is 19.1 Å². The average Bonchev–Trinajstić information content (AvgIpc) is 3.44. The van der Waals surface area contributed by atoms with Gasteiger partial charge in [-0.2, -0.15) is 0 Å². The molecule has 7 rings (SSSR count). The molecule has 1 aromatic rings. The first kappa shape index (κ1) is 29.9. The van der Waals surface area contributed by atoms with Crippen LogP contribution in [0.1, 0.15) is 43.0 Å². The maximum atomic E-state index is 13.6. The molecule has 0 aromatic heterocycles. The lowest BCUT2D eigenvalue weighted by atomic mass is 9.42. The van der Waals surface area contributed by atoms with Gasteiger partial charge in [-0.25, -0.2) is 4.79 Å². The molecule has 10 nitrogen and oxygen atoms in total. The number of likely N-dealkylation sites (N-methyl/N-ethyl adjacent to an activating group) is 1. The smallest absolute Gasteiger partial charge is 0.340 e. The third kappa shape index (κ3) is 3.36. The van der Waals surface area contributed by atoms with Gasteiger partial charge < -0.3 is 39.2 Å². The molecule has 10 heteroatoms. The number of piperidine rings is 1. The number of aliphatic hydroxyl groups is 2. The Morgan fingerprint density at radius 2 is 1.86 bits per heavy atom. The number of nitrogens with one attached hydrogen (secondary N) is 1. The lowest BCUT2D eigenvalue weighted by Crippen LogP contribution is -2.82. The van der Waals surface area contributed by atoms with Crippen molar-refractivity contribution in [2.24, 2.45) is 34.5 Å². The van der Waals surface area contributed by atoms with Crippen LogP contribution >= 0.6 is 0 Å². The van der Waals surface area contributed by atoms with Gasteiger partial charge in [0.05, 0.1) is 42.6 Å². The minimum atomic E-state index is -1.61. The highest BCUT2D eigenvalue weighted by Gasteiger charge is 2.91. The summed E-state index contributed by atoms with van der Waals surface area (Å²) in [5.74, 6) is -0.773. The second-order valence-corrected chi connectivity index (χ2v) is 14.1. The number of ether oxygens (including phenoxy) is 5. The number of para-hydroxylation sites is 1. The number of nitrogens with zero attached hydrogens (tertiary/aromatic N) is 1. The Labute approximate surface area is 254 Å². The molecule has 1 saturated heterocycles. The van der Waals surface area contributed by atoms with Gasteiger partial charge in [-0.3, -0.25) is 4.90 Å². The molecule has 0 amide bonds. The Bertz CT molecular complexity index is 1270. The molecule has 0 radical (unpaired) electrons. The highest BCUT2D eigenvalue weighted by molar-refractivity contribution is 5.95. The molecule has 238 valence electrons. The molecule has 6 aliphatic rings. The third-order valence-electron chi connectivity index (χ3n) is 13.2. The Morgan fingerprint density at radius 1 is 1.09 bits per heavy atom. The van der Waals surface area contributed by atoms with Crippen molar-refractivity contribution < 1.29 is 38.7 Å². The molecule has 1 aliphatic heterocycles. The molecular formula is C33H48N2O8. The van der Waals surface area contributed by atoms with E-state index in [4.69, 9.17) is 23.7 Å². The zero-order chi connectivity index (χ0) is 30.5. The van der Waals surface area contributed by atoms with Crippen molar-refractivity contribution in [3.8, 4) is 0 Å². The second-order valence-electron chi connectivity index (χ2n) is 14.1. The molecule has 1 aromatic carbocycles. The van der Waals surface area contributed by atoms with Crippen molar-refractivity contribution >= 4 is 11.7 Å². The van der Waals surface area contributed by atoms with E-state index in [0.717, 1.165) is 24.9 Å². The summed E-state index contributed by atoms with van der Waals surface area (Å²) < 4.78 is 31.3. The summed E-state index contributed by atoms with van der Waals surface area (Å²) in [6.45, 7) is 3.61. The third-order valence-corrected chi connectivity index (χ3v) is 13.2. The number of hydrogen-bond donors (Lipinski definition) is 3. The number of anilines is 1. The molecule has 5 aliphatic carbocycles. The van der Waals surface area contributed by atoms with Crippen molar-refractivity contribution in [2.45, 2.75) is 74.3 Å². The van der Waals surface area contributed by atoms with E-state index in [9.17, 15) is 15.0 Å². The lowest BCUT2D eigenvalue weighted by Gasteiger charge is -2.70. The highest BCUT2D eigenvalue weighted by atomic mass is 16.5. The van der Waals surface area contributed by atoms with Crippen LogP contribution in [0.5, 0.6) is 0 Å². The van der Waals surface area contributed by atoms with E-state index >= 15 is 0 Å². The molecule has 43 heavy (non-hydrogen) atoms. The van der Waals surface area contributed by atoms with Gasteiger partial charge in [0.2, 0.25) is 0 Å². The number of carbonyl (C=O) groups is 1. The summed E-state index contributed by atoms with van der Waals surface area (Å²) in [6.07, 6.45) is 1.30. The van der Waals surface area contributed by atoms with Gasteiger partial charge in [0.15, 0.2) is 0 Å². The van der Waals surface area contributed by atoms with Crippen molar-refractivity contribution in [1.29, 1.82) is 0 Å². The number of benzene rings is 1. The summed E-state index contributed by atoms with van der Waals surface area (Å²) in [4.78, 5) is 15.9. The zero-order valence-electron chi connectivity index (χ0n) is 26.2. The summed E-state index contributed by atoms with van der Waals surface area (Å²) in [7, 11) is 8.63. The number of esters is 1. The van der Waals surface area contributed by atoms with Gasteiger partial charge >= 0.3 is 5.97 Å². The number of carbonyl (C=O) groups excluding carboxylic acids is 1. The molecule has 1 spiro atoms. The van der Waals surface area contributed by atoms with Crippen LogP contribution < -0.4 is 5.32 Å². The lowest BCUT2D eigenvalue weighted by molar-refractivity contribution is -0.320. The van der Waals surface area contributed by atoms with E-state index in [1.807, 2.05) is 18.2 Å². The van der Waals surface area contributed by atoms with E-state index in [0.29, 0.717) is 25.1 Å². The molecule has 6 fully saturated rings. The van der Waals surface area contributed by atoms with E-state index in [1.54, 1.807) is 41.6 Å². The molecule has 5 saturated carbocycles. The van der Waals surface area contributed by atoms with Crippen molar-refractivity contribution in [2.75, 3.05) is 60.5 Å². The van der Waals surface area contributed by atoms with Gasteiger partial charge in [0.1, 0.15) is 11.2 Å². The Kier molecular flexibility index (Phi) is 7.03. The molecule has 3 N–H and O–H groups in total. The standard InChI is InChI=1S/C33H48N2O8/c1-7-35-16-30(17-43-28(36)18-10-8-9-11-21(18)34-2)13-12-23(40-4)32-20-14-19-22(39-3)15-31(37,24(20)25(19)41-5)33(38,29(32)35)27(42-6)26(30)32/h8-11,19-20,22-27,29,34,37-38H,7,12-17H2,1-6H3/t19-,20-,22+,23+,24-,25+,26-,27+,29+,30+,31-,32+,33-/m1/s1. The highest BCUT2D eigenvalue weighted by Crippen LogP contribution is 2.80. The quantitative estimate of drug-likeness (QED) is 0.364. The van der Waals surface area contributed by atoms with Gasteiger partial charge in [-0.15, -0.1) is 0 Å². The maximum absolute atomic E-state index is 13.6. The molecule has 1 heterocycles. The number of likely N-dealkylation sites (tertiary alicyclic amines) is 1. The fourth-order valence-electron chi connectivity index (χ4n) is 12.2. The SMILES string of the molecule is CCN1C[C@]2(COC(=O)c3ccccc3NC)CC[C@H](OC)[C@@]34[C@@H]5C[C@H]6[C@H](OC)[C@@H]5[C@](O)(C[C@@H]6OC)[C@@](O)([C@@H](OC)[C@H]23)[C@@H]14. The van der Waals surface area contributed by atoms with Gasteiger partial charge in [-0.05, 0) is 43.9 Å². The normalized spacial score (nSPS) is 49.2. The van der Waals surface area contributed by atoms with E-state index < -0.39 is 34.2 Å². The predicted molar refractivity (Wildman–Crippen MR) is 158 cm³/mol. The Balaban J connectivity index is 1.40. The monoisotopic (exact) mass is 600 g/mol. The van der Waals surface area contributed by atoms with Crippen LogP contribution in [0.2, 0.25) is 0 Å². The number of fused-ring (bicyclic) bond motifs is 2. The second kappa shape index (κ2) is 10.1. The van der Waals surface area contributed by atoms with Crippen LogP contribution in [0.15, 0.2) is 24.3 Å². The summed E-state index contributed by atoms with van der Waals surface area (Å²) in [5, 5.41) is 29.5. The first-order chi connectivity index (χ1) is 20.7. The summed E-state index contributed by atoms with van der Waals surface area (Å²) in [6, 6.07) is 6.98. The zero-order valence-corrected chi connectivity index (χ0v) is 26.2. The van der Waals surface area contributed by atoms with Crippen LogP contribution in [0.3, 0.4) is 0 Å². The van der Waals surface area contributed by atoms with E-state index in [1.165, 1.54) is 0 Å². The molecule has 13 atom stereocenters. The molecule has 0 unspecified atom stereocenters. The van der Waals surface area contributed by atoms with Crippen molar-refractivity contribution in [1.82, 2.24) is 4.90 Å². The van der Waals surface area contributed by atoms with Gasteiger partial charge in [0.25, 0.3) is 0 Å². The van der Waals surface area contributed by atoms with Gasteiger partial charge in [0, 0.05) is 82.7 Å². The number of hydrogen-bond acceptors (Lipinski definition) is 10. The topological polar surface area (TPSA) is 119 Å².